The smallest absolute Gasteiger partial charge is 0.241 e. The maximum atomic E-state index is 11.9. The minimum Gasteiger partial charge on any atom is -0.322 e. The molecule has 0 aliphatic rings. The van der Waals surface area contributed by atoms with Gasteiger partial charge in [0.25, 0.3) is 0 Å². The number of hydrogen-bond donors (Lipinski definition) is 2. The molecule has 0 saturated carbocycles. The number of benzene rings is 1. The van der Waals surface area contributed by atoms with Gasteiger partial charge < -0.3 is 11.1 Å². The Kier molecular flexibility index (Phi) is 5.25. The summed E-state index contributed by atoms with van der Waals surface area (Å²) in [6.07, 6.45) is 0.838. The molecule has 0 spiro atoms. The summed E-state index contributed by atoms with van der Waals surface area (Å²) < 4.78 is 0. The molecule has 0 fully saturated rings. The molecule has 1 rings (SSSR count). The first-order valence-corrected chi connectivity index (χ1v) is 6.23. The molecular formula is C12H16Cl2N2O. The first kappa shape index (κ1) is 14.3. The average Bonchev–Trinajstić information content (AvgIpc) is 2.31. The largest absolute Gasteiger partial charge is 0.322 e. The second-order valence-corrected chi connectivity index (χ2v) is 4.81. The zero-order valence-corrected chi connectivity index (χ0v) is 11.3. The molecule has 2 atom stereocenters. The highest BCUT2D eigenvalue weighted by Gasteiger charge is 2.20. The Morgan fingerprint density at radius 1 is 1.41 bits per heavy atom. The Labute approximate surface area is 111 Å². The molecule has 5 heteroatoms. The van der Waals surface area contributed by atoms with Gasteiger partial charge in [0.1, 0.15) is 0 Å². The molecule has 3 N–H and O–H groups in total. The molecule has 0 aromatic heterocycles. The van der Waals surface area contributed by atoms with Gasteiger partial charge in [-0.15, -0.1) is 0 Å². The number of hydrogen-bond acceptors (Lipinski definition) is 2. The van der Waals surface area contributed by atoms with Crippen molar-refractivity contribution >= 4 is 34.8 Å². The lowest BCUT2D eigenvalue weighted by Crippen LogP contribution is -2.40. The molecule has 0 aliphatic heterocycles. The number of rotatable bonds is 4. The molecule has 0 bridgehead atoms. The second kappa shape index (κ2) is 6.24. The molecular weight excluding hydrogens is 259 g/mol. The summed E-state index contributed by atoms with van der Waals surface area (Å²) >= 11 is 11.9. The fourth-order valence-corrected chi connectivity index (χ4v) is 1.83. The van der Waals surface area contributed by atoms with Crippen molar-refractivity contribution in [2.75, 3.05) is 5.32 Å². The van der Waals surface area contributed by atoms with Crippen molar-refractivity contribution in [1.29, 1.82) is 0 Å². The van der Waals surface area contributed by atoms with Crippen LogP contribution in [0.15, 0.2) is 18.2 Å². The van der Waals surface area contributed by atoms with E-state index in [2.05, 4.69) is 5.32 Å². The van der Waals surface area contributed by atoms with E-state index in [1.165, 1.54) is 0 Å². The van der Waals surface area contributed by atoms with Crippen LogP contribution in [0.5, 0.6) is 0 Å². The van der Waals surface area contributed by atoms with Gasteiger partial charge in [-0.05, 0) is 18.1 Å². The van der Waals surface area contributed by atoms with Crippen LogP contribution in [0, 0.1) is 5.92 Å². The van der Waals surface area contributed by atoms with Crippen LogP contribution in [0.2, 0.25) is 10.0 Å². The highest BCUT2D eigenvalue weighted by atomic mass is 35.5. The number of para-hydroxylation sites is 1. The molecule has 1 unspecified atom stereocenters. The summed E-state index contributed by atoms with van der Waals surface area (Å²) in [5.74, 6) is -0.161. The van der Waals surface area contributed by atoms with Crippen LogP contribution in [0.4, 0.5) is 5.69 Å². The van der Waals surface area contributed by atoms with Gasteiger partial charge >= 0.3 is 0 Å². The Balaban J connectivity index is 2.81. The zero-order chi connectivity index (χ0) is 13.0. The SMILES string of the molecule is CCC(C)[C@H](N)C(=O)Nc1c(Cl)cccc1Cl. The van der Waals surface area contributed by atoms with Crippen molar-refractivity contribution in [3.63, 3.8) is 0 Å². The van der Waals surface area contributed by atoms with E-state index in [4.69, 9.17) is 28.9 Å². The summed E-state index contributed by atoms with van der Waals surface area (Å²) in [5.41, 5.74) is 6.24. The van der Waals surface area contributed by atoms with E-state index in [0.29, 0.717) is 15.7 Å². The fraction of sp³-hybridized carbons (Fsp3) is 0.417. The number of carbonyl (C=O) groups is 1. The molecule has 0 radical (unpaired) electrons. The van der Waals surface area contributed by atoms with E-state index in [1.807, 2.05) is 13.8 Å². The molecule has 1 aromatic carbocycles. The predicted molar refractivity (Wildman–Crippen MR) is 72.5 cm³/mol. The summed E-state index contributed by atoms with van der Waals surface area (Å²) in [5, 5.41) is 3.48. The molecule has 0 aliphatic carbocycles. The summed E-state index contributed by atoms with van der Waals surface area (Å²) in [4.78, 5) is 11.9. The molecule has 0 heterocycles. The van der Waals surface area contributed by atoms with Gasteiger partial charge in [0.05, 0.1) is 21.8 Å². The topological polar surface area (TPSA) is 55.1 Å². The standard InChI is InChI=1S/C12H16Cl2N2O/c1-3-7(2)10(15)12(17)16-11-8(13)5-4-6-9(11)14/h4-7,10H,3,15H2,1-2H3,(H,16,17)/t7?,10-/m0/s1. The third kappa shape index (κ3) is 3.60. The molecule has 3 nitrogen and oxygen atoms in total. The minimum absolute atomic E-state index is 0.108. The third-order valence-electron chi connectivity index (χ3n) is 2.77. The van der Waals surface area contributed by atoms with Crippen molar-refractivity contribution in [3.05, 3.63) is 28.2 Å². The third-order valence-corrected chi connectivity index (χ3v) is 3.40. The molecule has 1 aromatic rings. The van der Waals surface area contributed by atoms with Gasteiger partial charge in [-0.3, -0.25) is 4.79 Å². The Hall–Kier alpha value is -0.770. The highest BCUT2D eigenvalue weighted by Crippen LogP contribution is 2.30. The van der Waals surface area contributed by atoms with Crippen LogP contribution in [0.25, 0.3) is 0 Å². The average molecular weight is 275 g/mol. The fourth-order valence-electron chi connectivity index (χ4n) is 1.34. The first-order valence-electron chi connectivity index (χ1n) is 5.47. The van der Waals surface area contributed by atoms with Crippen LogP contribution in [0.3, 0.4) is 0 Å². The quantitative estimate of drug-likeness (QED) is 0.885. The van der Waals surface area contributed by atoms with Gasteiger partial charge in [0, 0.05) is 0 Å². The van der Waals surface area contributed by atoms with Crippen LogP contribution in [-0.2, 0) is 4.79 Å². The molecule has 94 valence electrons. The van der Waals surface area contributed by atoms with Gasteiger partial charge in [-0.1, -0.05) is 49.5 Å². The highest BCUT2D eigenvalue weighted by molar-refractivity contribution is 6.39. The van der Waals surface area contributed by atoms with Crippen molar-refractivity contribution in [3.8, 4) is 0 Å². The van der Waals surface area contributed by atoms with Gasteiger partial charge in [0.15, 0.2) is 0 Å². The summed E-state index contributed by atoms with van der Waals surface area (Å²) in [7, 11) is 0. The number of carbonyl (C=O) groups excluding carboxylic acids is 1. The van der Waals surface area contributed by atoms with E-state index in [0.717, 1.165) is 6.42 Å². The minimum atomic E-state index is -0.563. The van der Waals surface area contributed by atoms with Gasteiger partial charge in [-0.25, -0.2) is 0 Å². The van der Waals surface area contributed by atoms with Crippen LogP contribution in [-0.4, -0.2) is 11.9 Å². The number of nitrogens with two attached hydrogens (primary N) is 1. The Morgan fingerprint density at radius 3 is 2.41 bits per heavy atom. The molecule has 17 heavy (non-hydrogen) atoms. The number of nitrogens with one attached hydrogen (secondary N) is 1. The van der Waals surface area contributed by atoms with Crippen LogP contribution in [0.1, 0.15) is 20.3 Å². The lowest BCUT2D eigenvalue weighted by Gasteiger charge is -2.18. The Bertz CT molecular complexity index is 389. The normalized spacial score (nSPS) is 14.2. The summed E-state index contributed by atoms with van der Waals surface area (Å²) in [6.45, 7) is 3.92. The van der Waals surface area contributed by atoms with Crippen molar-refractivity contribution in [2.45, 2.75) is 26.3 Å². The van der Waals surface area contributed by atoms with Gasteiger partial charge in [0.2, 0.25) is 5.91 Å². The van der Waals surface area contributed by atoms with Gasteiger partial charge in [-0.2, -0.15) is 0 Å². The second-order valence-electron chi connectivity index (χ2n) is 4.00. The van der Waals surface area contributed by atoms with Crippen molar-refractivity contribution in [1.82, 2.24) is 0 Å². The lowest BCUT2D eigenvalue weighted by molar-refractivity contribution is -0.118. The van der Waals surface area contributed by atoms with Crippen LogP contribution < -0.4 is 11.1 Å². The van der Waals surface area contributed by atoms with E-state index >= 15 is 0 Å². The maximum Gasteiger partial charge on any atom is 0.241 e. The van der Waals surface area contributed by atoms with E-state index in [9.17, 15) is 4.79 Å². The number of amides is 1. The van der Waals surface area contributed by atoms with Crippen molar-refractivity contribution in [2.24, 2.45) is 11.7 Å². The zero-order valence-electron chi connectivity index (χ0n) is 9.84. The number of halogens is 2. The van der Waals surface area contributed by atoms with E-state index < -0.39 is 6.04 Å². The Morgan fingerprint density at radius 2 is 1.94 bits per heavy atom. The lowest BCUT2D eigenvalue weighted by atomic mass is 9.99. The monoisotopic (exact) mass is 274 g/mol. The number of anilines is 1. The molecule has 1 amide bonds. The molecule has 0 saturated heterocycles. The summed E-state index contributed by atoms with van der Waals surface area (Å²) in [6, 6.07) is 4.48. The first-order chi connectivity index (χ1) is 7.97. The predicted octanol–water partition coefficient (Wildman–Crippen LogP) is 3.31. The maximum absolute atomic E-state index is 11.9. The van der Waals surface area contributed by atoms with E-state index in [1.54, 1.807) is 18.2 Å². The van der Waals surface area contributed by atoms with Crippen LogP contribution >= 0.6 is 23.2 Å². The van der Waals surface area contributed by atoms with Crippen molar-refractivity contribution < 1.29 is 4.79 Å². The van der Waals surface area contributed by atoms with E-state index in [-0.39, 0.29) is 11.8 Å².